The molecule has 1 amide bonds. The summed E-state index contributed by atoms with van der Waals surface area (Å²) in [5, 5.41) is 2.91. The van der Waals surface area contributed by atoms with E-state index in [1.807, 2.05) is 42.3 Å². The number of hydrogen-bond acceptors (Lipinski definition) is 5. The number of rotatable bonds is 5. The predicted molar refractivity (Wildman–Crippen MR) is 102 cm³/mol. The van der Waals surface area contributed by atoms with E-state index >= 15 is 0 Å². The lowest BCUT2D eigenvalue weighted by Crippen LogP contribution is -2.34. The van der Waals surface area contributed by atoms with Gasteiger partial charge in [-0.15, -0.1) is 0 Å². The van der Waals surface area contributed by atoms with Gasteiger partial charge in [0.1, 0.15) is 0 Å². The lowest BCUT2D eigenvalue weighted by atomic mass is 10.0. The van der Waals surface area contributed by atoms with Crippen molar-refractivity contribution in [2.45, 2.75) is 6.29 Å². The number of ether oxygens (including phenoxy) is 2. The molecule has 1 aliphatic heterocycles. The first-order valence-corrected chi connectivity index (χ1v) is 8.71. The van der Waals surface area contributed by atoms with Gasteiger partial charge in [-0.05, 0) is 34.2 Å². The number of benzene rings is 2. The first-order chi connectivity index (χ1) is 12.1. The highest BCUT2D eigenvalue weighted by atomic mass is 32.2. The van der Waals surface area contributed by atoms with Gasteiger partial charge in [-0.3, -0.25) is 4.79 Å². The first-order valence-electron chi connectivity index (χ1n) is 7.89. The summed E-state index contributed by atoms with van der Waals surface area (Å²) in [5.74, 6) is -0.217. The molecule has 5 nitrogen and oxygen atoms in total. The Bertz CT molecular complexity index is 838. The van der Waals surface area contributed by atoms with Crippen LogP contribution >= 0.6 is 11.8 Å². The Morgan fingerprint density at radius 2 is 1.88 bits per heavy atom. The zero-order valence-electron chi connectivity index (χ0n) is 14.4. The fraction of sp³-hybridized carbons (Fsp3) is 0.263. The number of methoxy groups -OCH3 is 2. The molecule has 1 heterocycles. The van der Waals surface area contributed by atoms with E-state index in [0.29, 0.717) is 16.6 Å². The van der Waals surface area contributed by atoms with E-state index in [2.05, 4.69) is 23.2 Å². The molecule has 3 rings (SSSR count). The van der Waals surface area contributed by atoms with Crippen LogP contribution in [-0.2, 0) is 14.3 Å². The highest BCUT2D eigenvalue weighted by molar-refractivity contribution is 8.18. The van der Waals surface area contributed by atoms with Crippen molar-refractivity contribution >= 4 is 39.7 Å². The maximum absolute atomic E-state index is 12.3. The monoisotopic (exact) mass is 356 g/mol. The van der Waals surface area contributed by atoms with Crippen molar-refractivity contribution in [3.63, 3.8) is 0 Å². The summed E-state index contributed by atoms with van der Waals surface area (Å²) in [4.78, 5) is 18.9. The van der Waals surface area contributed by atoms with Crippen LogP contribution in [0.1, 0.15) is 5.56 Å². The molecule has 6 heteroatoms. The second kappa shape index (κ2) is 7.82. The third-order valence-electron chi connectivity index (χ3n) is 3.99. The van der Waals surface area contributed by atoms with E-state index < -0.39 is 0 Å². The van der Waals surface area contributed by atoms with Gasteiger partial charge in [-0.1, -0.05) is 42.5 Å². The fourth-order valence-corrected chi connectivity index (χ4v) is 3.50. The fourth-order valence-electron chi connectivity index (χ4n) is 2.63. The van der Waals surface area contributed by atoms with Crippen molar-refractivity contribution < 1.29 is 14.3 Å². The molecule has 2 aromatic rings. The molecule has 0 aliphatic carbocycles. The molecular formula is C19H20N2O3S. The zero-order chi connectivity index (χ0) is 17.8. The average Bonchev–Trinajstić information content (AvgIpc) is 3.00. The summed E-state index contributed by atoms with van der Waals surface area (Å²) in [5.41, 5.74) is 1.01. The number of carbonyl (C=O) groups excluding carboxylic acids is 1. The van der Waals surface area contributed by atoms with Gasteiger partial charge >= 0.3 is 0 Å². The van der Waals surface area contributed by atoms with Gasteiger partial charge in [0, 0.05) is 21.3 Å². The molecule has 0 bridgehead atoms. The topological polar surface area (TPSA) is 51.1 Å². The van der Waals surface area contributed by atoms with Crippen LogP contribution in [-0.4, -0.2) is 50.1 Å². The molecule has 1 aliphatic rings. The maximum Gasteiger partial charge on any atom is 0.286 e. The Kier molecular flexibility index (Phi) is 5.53. The molecule has 25 heavy (non-hydrogen) atoms. The molecule has 0 unspecified atom stereocenters. The molecule has 0 saturated heterocycles. The number of fused-ring (bicyclic) bond motifs is 1. The van der Waals surface area contributed by atoms with Gasteiger partial charge in [-0.2, -0.15) is 4.99 Å². The summed E-state index contributed by atoms with van der Waals surface area (Å²) in [6, 6.07) is 14.2. The van der Waals surface area contributed by atoms with E-state index in [-0.39, 0.29) is 12.2 Å². The third-order valence-corrected chi connectivity index (χ3v) is 5.09. The minimum Gasteiger partial charge on any atom is -0.354 e. The average molecular weight is 356 g/mol. The van der Waals surface area contributed by atoms with Gasteiger partial charge in [0.05, 0.1) is 11.4 Å². The molecule has 0 fully saturated rings. The first kappa shape index (κ1) is 17.7. The van der Waals surface area contributed by atoms with Crippen LogP contribution in [0.2, 0.25) is 0 Å². The van der Waals surface area contributed by atoms with Crippen LogP contribution in [0.25, 0.3) is 16.8 Å². The van der Waals surface area contributed by atoms with Crippen molar-refractivity contribution in [3.8, 4) is 0 Å². The Labute approximate surface area is 151 Å². The van der Waals surface area contributed by atoms with E-state index in [4.69, 9.17) is 9.47 Å². The van der Waals surface area contributed by atoms with Crippen LogP contribution in [0.5, 0.6) is 0 Å². The smallest absolute Gasteiger partial charge is 0.286 e. The minimum atomic E-state index is -0.366. The number of aliphatic imine (C=N–C) groups is 1. The molecule has 130 valence electrons. The second-order valence-electron chi connectivity index (χ2n) is 5.66. The molecule has 0 spiro atoms. The van der Waals surface area contributed by atoms with Gasteiger partial charge < -0.3 is 14.4 Å². The van der Waals surface area contributed by atoms with Crippen LogP contribution in [0.4, 0.5) is 0 Å². The summed E-state index contributed by atoms with van der Waals surface area (Å²) < 4.78 is 10.4. The Morgan fingerprint density at radius 3 is 2.64 bits per heavy atom. The van der Waals surface area contributed by atoms with Gasteiger partial charge in [-0.25, -0.2) is 0 Å². The lowest BCUT2D eigenvalue weighted by molar-refractivity contribution is -0.113. The highest BCUT2D eigenvalue weighted by Gasteiger charge is 2.26. The SMILES string of the molecule is COC(CN(C)C1=NC(=O)C(=Cc2cccc3ccccc23)S1)OC. The summed E-state index contributed by atoms with van der Waals surface area (Å²) in [7, 11) is 5.04. The lowest BCUT2D eigenvalue weighted by Gasteiger charge is -2.22. The number of amides is 1. The number of hydrogen-bond donors (Lipinski definition) is 0. The van der Waals surface area contributed by atoms with Crippen molar-refractivity contribution in [2.24, 2.45) is 4.99 Å². The molecule has 0 aromatic heterocycles. The molecule has 0 saturated carbocycles. The second-order valence-corrected chi connectivity index (χ2v) is 6.67. The number of nitrogens with zero attached hydrogens (tertiary/aromatic N) is 2. The number of thioether (sulfide) groups is 1. The van der Waals surface area contributed by atoms with E-state index in [9.17, 15) is 4.79 Å². The van der Waals surface area contributed by atoms with Crippen LogP contribution in [0.3, 0.4) is 0 Å². The van der Waals surface area contributed by atoms with E-state index in [1.165, 1.54) is 11.8 Å². The minimum absolute atomic E-state index is 0.217. The van der Waals surface area contributed by atoms with Crippen molar-refractivity contribution in [1.29, 1.82) is 0 Å². The molecule has 0 radical (unpaired) electrons. The standard InChI is InChI=1S/C19H20N2O3S/c1-21(12-17(23-2)24-3)19-20-18(22)16(25-19)11-14-9-6-8-13-7-4-5-10-15(13)14/h4-11,17H,12H2,1-3H3. The highest BCUT2D eigenvalue weighted by Crippen LogP contribution is 2.31. The van der Waals surface area contributed by atoms with E-state index in [0.717, 1.165) is 16.3 Å². The number of carbonyl (C=O) groups is 1. The normalized spacial score (nSPS) is 16.1. The quantitative estimate of drug-likeness (QED) is 0.607. The molecule has 0 atom stereocenters. The van der Waals surface area contributed by atoms with Gasteiger partial charge in [0.25, 0.3) is 5.91 Å². The molecule has 2 aromatic carbocycles. The Hall–Kier alpha value is -2.15. The Balaban J connectivity index is 1.81. The van der Waals surface area contributed by atoms with Gasteiger partial charge in [0.2, 0.25) is 0 Å². The van der Waals surface area contributed by atoms with Gasteiger partial charge in [0.15, 0.2) is 11.5 Å². The van der Waals surface area contributed by atoms with Crippen LogP contribution in [0, 0.1) is 0 Å². The molecular weight excluding hydrogens is 336 g/mol. The third kappa shape index (κ3) is 3.92. The largest absolute Gasteiger partial charge is 0.354 e. The summed E-state index contributed by atoms with van der Waals surface area (Å²) in [6.45, 7) is 0.494. The van der Waals surface area contributed by atoms with Crippen molar-refractivity contribution in [1.82, 2.24) is 4.90 Å². The molecule has 0 N–H and O–H groups in total. The maximum atomic E-state index is 12.3. The zero-order valence-corrected chi connectivity index (χ0v) is 15.2. The van der Waals surface area contributed by atoms with Crippen LogP contribution < -0.4 is 0 Å². The van der Waals surface area contributed by atoms with Crippen molar-refractivity contribution in [2.75, 3.05) is 27.8 Å². The van der Waals surface area contributed by atoms with E-state index in [1.54, 1.807) is 14.2 Å². The number of amidine groups is 1. The summed E-state index contributed by atoms with van der Waals surface area (Å²) in [6.07, 6.45) is 1.54. The Morgan fingerprint density at radius 1 is 1.16 bits per heavy atom. The number of likely N-dealkylation sites (N-methyl/N-ethyl adjacent to an activating group) is 1. The van der Waals surface area contributed by atoms with Crippen molar-refractivity contribution in [3.05, 3.63) is 52.9 Å². The summed E-state index contributed by atoms with van der Waals surface area (Å²) >= 11 is 1.37. The predicted octanol–water partition coefficient (Wildman–Crippen LogP) is 3.36. The van der Waals surface area contributed by atoms with Crippen LogP contribution in [0.15, 0.2) is 52.4 Å².